The molecule has 38 heavy (non-hydrogen) atoms. The van der Waals surface area contributed by atoms with E-state index in [0.29, 0.717) is 9.59 Å². The summed E-state index contributed by atoms with van der Waals surface area (Å²) >= 11 is 18.6. The third-order valence-corrected chi connectivity index (χ3v) is 6.46. The van der Waals surface area contributed by atoms with Gasteiger partial charge in [-0.05, 0) is 31.2 Å². The van der Waals surface area contributed by atoms with Crippen LogP contribution in [0.5, 0.6) is 0 Å². The molecule has 0 bridgehead atoms. The quantitative estimate of drug-likeness (QED) is 0.293. The van der Waals surface area contributed by atoms with E-state index in [1.807, 2.05) is 0 Å². The van der Waals surface area contributed by atoms with Gasteiger partial charge >= 0.3 is 11.9 Å². The maximum atomic E-state index is 13.9. The van der Waals surface area contributed by atoms with Crippen molar-refractivity contribution in [2.24, 2.45) is 0 Å². The number of hydrogen-bond donors (Lipinski definition) is 2. The first kappa shape index (κ1) is 28.1. The summed E-state index contributed by atoms with van der Waals surface area (Å²) < 4.78 is 56.0. The summed E-state index contributed by atoms with van der Waals surface area (Å²) in [6.45, 7) is -0.190. The van der Waals surface area contributed by atoms with Crippen LogP contribution in [0.1, 0.15) is 24.7 Å². The van der Waals surface area contributed by atoms with Gasteiger partial charge in [-0.15, -0.1) is 5.10 Å². The second-order valence-electron chi connectivity index (χ2n) is 8.25. The average molecular weight is 595 g/mol. The summed E-state index contributed by atoms with van der Waals surface area (Å²) in [5.41, 5.74) is -0.756. The zero-order valence-electron chi connectivity index (χ0n) is 19.3. The van der Waals surface area contributed by atoms with Crippen LogP contribution in [0.15, 0.2) is 47.3 Å². The number of nitrogens with zero attached hydrogens (tertiary/aromatic N) is 5. The Morgan fingerprint density at radius 2 is 1.68 bits per heavy atom. The van der Waals surface area contributed by atoms with Crippen molar-refractivity contribution in [1.82, 2.24) is 23.9 Å². The van der Waals surface area contributed by atoms with Gasteiger partial charge in [0.2, 0.25) is 0 Å². The Hall–Kier alpha value is -2.90. The topological polar surface area (TPSA) is 98.1 Å². The Kier molecular flexibility index (Phi) is 7.91. The fourth-order valence-corrected chi connectivity index (χ4v) is 4.37. The van der Waals surface area contributed by atoms with E-state index in [9.17, 15) is 32.6 Å². The van der Waals surface area contributed by atoms with Gasteiger partial charge in [0.25, 0.3) is 0 Å². The van der Waals surface area contributed by atoms with E-state index in [0.717, 1.165) is 21.4 Å². The molecule has 2 heterocycles. The fourth-order valence-electron chi connectivity index (χ4n) is 3.70. The maximum Gasteiger partial charge on any atom is 0.416 e. The minimum atomic E-state index is -5.00. The number of aromatic nitrogens is 5. The van der Waals surface area contributed by atoms with Crippen LogP contribution < -0.4 is 5.69 Å². The smallest absolute Gasteiger partial charge is 0.385 e. The Balaban J connectivity index is 1.84. The third kappa shape index (κ3) is 5.59. The Bertz CT molecular complexity index is 1530. The van der Waals surface area contributed by atoms with E-state index in [-0.39, 0.29) is 38.8 Å². The van der Waals surface area contributed by atoms with E-state index < -0.39 is 43.0 Å². The zero-order valence-corrected chi connectivity index (χ0v) is 21.6. The van der Waals surface area contributed by atoms with Gasteiger partial charge in [-0.3, -0.25) is 9.13 Å². The molecular formula is C23H18Cl3F4N5O3. The summed E-state index contributed by atoms with van der Waals surface area (Å²) in [5, 5.41) is 24.3. The van der Waals surface area contributed by atoms with Crippen LogP contribution in [0.3, 0.4) is 0 Å². The van der Waals surface area contributed by atoms with E-state index in [2.05, 4.69) is 10.1 Å². The highest BCUT2D eigenvalue weighted by atomic mass is 35.5. The van der Waals surface area contributed by atoms with Gasteiger partial charge < -0.3 is 10.2 Å². The first-order valence-corrected chi connectivity index (χ1v) is 12.0. The van der Waals surface area contributed by atoms with Gasteiger partial charge in [0.15, 0.2) is 17.8 Å². The van der Waals surface area contributed by atoms with E-state index >= 15 is 0 Å². The molecule has 2 aromatic heterocycles. The molecular weight excluding hydrogens is 577 g/mol. The van der Waals surface area contributed by atoms with Crippen LogP contribution in [-0.2, 0) is 13.1 Å². The second-order valence-corrected chi connectivity index (χ2v) is 9.45. The second kappa shape index (κ2) is 10.7. The van der Waals surface area contributed by atoms with E-state index in [4.69, 9.17) is 34.8 Å². The highest BCUT2D eigenvalue weighted by Crippen LogP contribution is 2.31. The molecule has 0 amide bonds. The van der Waals surface area contributed by atoms with Crippen LogP contribution in [0, 0.1) is 5.82 Å². The summed E-state index contributed by atoms with van der Waals surface area (Å²) in [6.07, 6.45) is -9.05. The predicted molar refractivity (Wildman–Crippen MR) is 132 cm³/mol. The van der Waals surface area contributed by atoms with Gasteiger partial charge in [0, 0.05) is 16.7 Å². The molecule has 8 nitrogen and oxygen atoms in total. The Labute approximate surface area is 227 Å². The van der Waals surface area contributed by atoms with Crippen LogP contribution in [0.25, 0.3) is 16.9 Å². The molecule has 0 saturated carbocycles. The molecule has 2 aromatic carbocycles. The van der Waals surface area contributed by atoms with Gasteiger partial charge in [0.1, 0.15) is 17.1 Å². The molecule has 0 spiro atoms. The van der Waals surface area contributed by atoms with Crippen LogP contribution in [-0.4, -0.2) is 46.4 Å². The molecule has 1 unspecified atom stereocenters. The minimum absolute atomic E-state index is 0.0403. The van der Waals surface area contributed by atoms with E-state index in [1.54, 1.807) is 0 Å². The van der Waals surface area contributed by atoms with E-state index in [1.165, 1.54) is 37.3 Å². The Morgan fingerprint density at radius 1 is 1.03 bits per heavy atom. The first-order valence-electron chi connectivity index (χ1n) is 10.9. The lowest BCUT2D eigenvalue weighted by molar-refractivity contribution is -0.207. The molecule has 2 N–H and O–H groups in total. The largest absolute Gasteiger partial charge is 0.416 e. The number of aliphatic hydroxyl groups excluding tert-OH is 2. The average Bonchev–Trinajstić information content (AvgIpc) is 3.36. The lowest BCUT2D eigenvalue weighted by Crippen LogP contribution is -2.37. The summed E-state index contributed by atoms with van der Waals surface area (Å²) in [5.74, 6) is -0.756. The lowest BCUT2D eigenvalue weighted by Gasteiger charge is -2.16. The normalized spacial score (nSPS) is 13.6. The van der Waals surface area contributed by atoms with Crippen molar-refractivity contribution in [3.63, 3.8) is 0 Å². The molecule has 4 rings (SSSR count). The standard InChI is InChI=1S/C23H18Cl3F4N5O3/c1-11(36)21-31-18(32-35(21)16-8-14(27)6-7-15(16)25)10-34-20(26)19(12-2-4-13(24)5-3-12)33(22(34)38)9-17(37)23(28,29)30/h2-8,11,17,36-37H,9-10H2,1H3/t11-,17?/m0/s1. The number of aliphatic hydroxyl groups is 2. The number of benzene rings is 2. The van der Waals surface area contributed by atoms with Crippen LogP contribution in [0.2, 0.25) is 15.2 Å². The van der Waals surface area contributed by atoms with Crippen molar-refractivity contribution in [2.75, 3.05) is 0 Å². The number of hydrogen-bond acceptors (Lipinski definition) is 5. The molecule has 0 fully saturated rings. The number of alkyl halides is 3. The molecule has 0 aliphatic carbocycles. The highest BCUT2D eigenvalue weighted by Gasteiger charge is 2.39. The molecule has 0 saturated heterocycles. The first-order chi connectivity index (χ1) is 17.8. The summed E-state index contributed by atoms with van der Waals surface area (Å²) in [6, 6.07) is 9.30. The molecule has 4 aromatic rings. The SMILES string of the molecule is C[C@H](O)c1nc(Cn2c(Cl)c(-c3ccc(Cl)cc3)n(CC(O)C(F)(F)F)c2=O)nn1-c1cc(F)ccc1Cl. The third-order valence-electron chi connectivity index (χ3n) is 5.50. The number of halogens is 7. The molecule has 0 aliphatic rings. The minimum Gasteiger partial charge on any atom is -0.385 e. The molecule has 0 aliphatic heterocycles. The molecule has 15 heteroatoms. The van der Waals surface area contributed by atoms with Gasteiger partial charge in [0.05, 0.1) is 29.5 Å². The summed E-state index contributed by atoms with van der Waals surface area (Å²) in [7, 11) is 0. The van der Waals surface area contributed by atoms with Gasteiger partial charge in [-0.1, -0.05) is 46.9 Å². The molecule has 0 radical (unpaired) electrons. The van der Waals surface area contributed by atoms with Gasteiger partial charge in [-0.25, -0.2) is 18.9 Å². The lowest BCUT2D eigenvalue weighted by atomic mass is 10.1. The van der Waals surface area contributed by atoms with Crippen molar-refractivity contribution < 1.29 is 27.8 Å². The summed E-state index contributed by atoms with van der Waals surface area (Å²) in [4.78, 5) is 17.5. The number of imidazole rings is 1. The zero-order chi connectivity index (χ0) is 27.9. The highest BCUT2D eigenvalue weighted by molar-refractivity contribution is 6.32. The molecule has 202 valence electrons. The predicted octanol–water partition coefficient (Wildman–Crippen LogP) is 5.02. The van der Waals surface area contributed by atoms with Crippen LogP contribution in [0.4, 0.5) is 17.6 Å². The van der Waals surface area contributed by atoms with Crippen molar-refractivity contribution in [3.8, 4) is 16.9 Å². The van der Waals surface area contributed by atoms with Crippen molar-refractivity contribution >= 4 is 34.8 Å². The van der Waals surface area contributed by atoms with Crippen molar-refractivity contribution in [1.29, 1.82) is 0 Å². The van der Waals surface area contributed by atoms with Crippen LogP contribution >= 0.6 is 34.8 Å². The van der Waals surface area contributed by atoms with Gasteiger partial charge in [-0.2, -0.15) is 13.2 Å². The number of rotatable bonds is 7. The molecule has 2 atom stereocenters. The van der Waals surface area contributed by atoms with Crippen molar-refractivity contribution in [2.45, 2.75) is 38.4 Å². The fraction of sp³-hybridized carbons (Fsp3) is 0.261. The maximum absolute atomic E-state index is 13.9. The Morgan fingerprint density at radius 3 is 2.29 bits per heavy atom. The van der Waals surface area contributed by atoms with Crippen molar-refractivity contribution in [3.05, 3.63) is 85.6 Å². The monoisotopic (exact) mass is 593 g/mol.